The van der Waals surface area contributed by atoms with Gasteiger partial charge in [0.25, 0.3) is 0 Å². The minimum Gasteiger partial charge on any atom is -0.466 e. The summed E-state index contributed by atoms with van der Waals surface area (Å²) in [6, 6.07) is 0.143. The number of rotatable bonds is 7. The second kappa shape index (κ2) is 8.23. The lowest BCUT2D eigenvalue weighted by Crippen LogP contribution is -2.38. The molecule has 0 aliphatic heterocycles. The predicted molar refractivity (Wildman–Crippen MR) is 57.4 cm³/mol. The average molecular weight is 216 g/mol. The zero-order chi connectivity index (χ0) is 11.7. The van der Waals surface area contributed by atoms with Gasteiger partial charge in [-0.3, -0.25) is 9.59 Å². The Morgan fingerprint density at radius 2 is 2.00 bits per heavy atom. The van der Waals surface area contributed by atoms with Crippen LogP contribution in [0.3, 0.4) is 0 Å². The summed E-state index contributed by atoms with van der Waals surface area (Å²) in [5.41, 5.74) is 0. The van der Waals surface area contributed by atoms with Gasteiger partial charge < -0.3 is 15.4 Å². The van der Waals surface area contributed by atoms with Gasteiger partial charge in [-0.05, 0) is 20.8 Å². The topological polar surface area (TPSA) is 67.4 Å². The molecular weight excluding hydrogens is 196 g/mol. The third kappa shape index (κ3) is 9.21. The van der Waals surface area contributed by atoms with Crippen molar-refractivity contribution < 1.29 is 14.3 Å². The van der Waals surface area contributed by atoms with Crippen molar-refractivity contribution in [1.29, 1.82) is 0 Å². The van der Waals surface area contributed by atoms with Gasteiger partial charge in [0.1, 0.15) is 0 Å². The summed E-state index contributed by atoms with van der Waals surface area (Å²) >= 11 is 0. The van der Waals surface area contributed by atoms with Gasteiger partial charge in [0.15, 0.2) is 0 Å². The molecule has 5 nitrogen and oxygen atoms in total. The highest BCUT2D eigenvalue weighted by Crippen LogP contribution is 1.84. The van der Waals surface area contributed by atoms with Crippen LogP contribution in [0.25, 0.3) is 0 Å². The van der Waals surface area contributed by atoms with E-state index in [0.717, 1.165) is 0 Å². The molecule has 0 aliphatic rings. The number of nitrogens with one attached hydrogen (secondary N) is 2. The van der Waals surface area contributed by atoms with E-state index in [2.05, 4.69) is 10.6 Å². The van der Waals surface area contributed by atoms with Crippen molar-refractivity contribution in [2.24, 2.45) is 0 Å². The highest BCUT2D eigenvalue weighted by molar-refractivity contribution is 5.78. The van der Waals surface area contributed by atoms with E-state index in [4.69, 9.17) is 4.74 Å². The second-order valence-corrected chi connectivity index (χ2v) is 3.45. The normalized spacial score (nSPS) is 10.1. The number of carbonyl (C=O) groups is 2. The lowest BCUT2D eigenvalue weighted by Gasteiger charge is -2.08. The molecule has 0 spiro atoms. The van der Waals surface area contributed by atoms with Crippen LogP contribution in [0.1, 0.15) is 27.2 Å². The van der Waals surface area contributed by atoms with E-state index in [1.165, 1.54) is 0 Å². The Hall–Kier alpha value is -1.10. The van der Waals surface area contributed by atoms with Crippen molar-refractivity contribution in [3.63, 3.8) is 0 Å². The molecule has 0 fully saturated rings. The van der Waals surface area contributed by atoms with Crippen LogP contribution in [0.2, 0.25) is 0 Å². The lowest BCUT2D eigenvalue weighted by molar-refractivity contribution is -0.143. The predicted octanol–water partition coefficient (Wildman–Crippen LogP) is 0.0538. The molecule has 0 aromatic carbocycles. The van der Waals surface area contributed by atoms with Crippen molar-refractivity contribution >= 4 is 11.9 Å². The Morgan fingerprint density at radius 1 is 1.33 bits per heavy atom. The summed E-state index contributed by atoms with van der Waals surface area (Å²) in [6.45, 7) is 6.66. The Labute approximate surface area is 90.6 Å². The van der Waals surface area contributed by atoms with Crippen LogP contribution in [0, 0.1) is 0 Å². The fourth-order valence-corrected chi connectivity index (χ4v) is 0.999. The fraction of sp³-hybridized carbons (Fsp3) is 0.800. The Bertz CT molecular complexity index is 205. The first-order valence-electron chi connectivity index (χ1n) is 5.22. The van der Waals surface area contributed by atoms with E-state index in [1.807, 2.05) is 13.8 Å². The molecule has 0 radical (unpaired) electrons. The summed E-state index contributed by atoms with van der Waals surface area (Å²) < 4.78 is 4.73. The molecule has 0 bridgehead atoms. The van der Waals surface area contributed by atoms with E-state index in [9.17, 15) is 9.59 Å². The van der Waals surface area contributed by atoms with Gasteiger partial charge in [0.05, 0.1) is 19.6 Å². The van der Waals surface area contributed by atoms with Crippen molar-refractivity contribution in [2.45, 2.75) is 33.2 Å². The van der Waals surface area contributed by atoms with E-state index >= 15 is 0 Å². The number of hydrogen-bond acceptors (Lipinski definition) is 4. The molecule has 88 valence electrons. The molecule has 0 atom stereocenters. The van der Waals surface area contributed by atoms with E-state index < -0.39 is 0 Å². The van der Waals surface area contributed by atoms with Crippen LogP contribution in [-0.4, -0.2) is 37.6 Å². The van der Waals surface area contributed by atoms with Gasteiger partial charge in [0.2, 0.25) is 5.91 Å². The smallest absolute Gasteiger partial charge is 0.307 e. The molecule has 0 saturated carbocycles. The molecule has 0 aromatic rings. The largest absolute Gasteiger partial charge is 0.466 e. The van der Waals surface area contributed by atoms with Crippen LogP contribution < -0.4 is 10.6 Å². The molecule has 0 unspecified atom stereocenters. The van der Waals surface area contributed by atoms with Crippen LogP contribution in [0.4, 0.5) is 0 Å². The molecular formula is C10H20N2O3. The first-order valence-corrected chi connectivity index (χ1v) is 5.22. The van der Waals surface area contributed by atoms with Gasteiger partial charge in [-0.1, -0.05) is 0 Å². The van der Waals surface area contributed by atoms with Crippen molar-refractivity contribution in [2.75, 3.05) is 19.7 Å². The summed E-state index contributed by atoms with van der Waals surface area (Å²) in [4.78, 5) is 22.0. The summed E-state index contributed by atoms with van der Waals surface area (Å²) in [5.74, 6) is -0.303. The SMILES string of the molecule is CCOC(=O)CCNCC(=O)NC(C)C. The molecule has 2 N–H and O–H groups in total. The zero-order valence-electron chi connectivity index (χ0n) is 9.63. The molecule has 5 heteroatoms. The highest BCUT2D eigenvalue weighted by atomic mass is 16.5. The number of ether oxygens (including phenoxy) is 1. The van der Waals surface area contributed by atoms with Crippen molar-refractivity contribution in [1.82, 2.24) is 10.6 Å². The molecule has 1 amide bonds. The molecule has 15 heavy (non-hydrogen) atoms. The first-order chi connectivity index (χ1) is 7.06. The minimum absolute atomic E-state index is 0.0612. The van der Waals surface area contributed by atoms with Gasteiger partial charge in [-0.25, -0.2) is 0 Å². The van der Waals surface area contributed by atoms with Crippen LogP contribution >= 0.6 is 0 Å². The number of carbonyl (C=O) groups excluding carboxylic acids is 2. The Balaban J connectivity index is 3.38. The fourth-order valence-electron chi connectivity index (χ4n) is 0.999. The lowest BCUT2D eigenvalue weighted by atomic mass is 10.4. The zero-order valence-corrected chi connectivity index (χ0v) is 9.63. The Kier molecular flexibility index (Phi) is 7.62. The van der Waals surface area contributed by atoms with Gasteiger partial charge >= 0.3 is 5.97 Å². The third-order valence-electron chi connectivity index (χ3n) is 1.55. The molecule has 0 aliphatic carbocycles. The molecule has 0 rings (SSSR count). The molecule has 0 saturated heterocycles. The molecule has 0 aromatic heterocycles. The number of esters is 1. The maximum atomic E-state index is 11.1. The maximum Gasteiger partial charge on any atom is 0.307 e. The van der Waals surface area contributed by atoms with E-state index in [0.29, 0.717) is 19.6 Å². The van der Waals surface area contributed by atoms with E-state index in [-0.39, 0.29) is 24.5 Å². The number of amides is 1. The van der Waals surface area contributed by atoms with Crippen LogP contribution in [0.15, 0.2) is 0 Å². The van der Waals surface area contributed by atoms with Gasteiger partial charge in [-0.15, -0.1) is 0 Å². The minimum atomic E-state index is -0.241. The summed E-state index contributed by atoms with van der Waals surface area (Å²) in [6.07, 6.45) is 0.294. The first kappa shape index (κ1) is 13.9. The van der Waals surface area contributed by atoms with E-state index in [1.54, 1.807) is 6.92 Å². The number of hydrogen-bond donors (Lipinski definition) is 2. The summed E-state index contributed by atoms with van der Waals surface area (Å²) in [5, 5.41) is 5.61. The Morgan fingerprint density at radius 3 is 2.53 bits per heavy atom. The van der Waals surface area contributed by atoms with Crippen molar-refractivity contribution in [3.05, 3.63) is 0 Å². The third-order valence-corrected chi connectivity index (χ3v) is 1.55. The molecule has 0 heterocycles. The monoisotopic (exact) mass is 216 g/mol. The van der Waals surface area contributed by atoms with Gasteiger partial charge in [-0.2, -0.15) is 0 Å². The quantitative estimate of drug-likeness (QED) is 0.466. The highest BCUT2D eigenvalue weighted by Gasteiger charge is 2.04. The van der Waals surface area contributed by atoms with Gasteiger partial charge in [0, 0.05) is 12.6 Å². The standard InChI is InChI=1S/C10H20N2O3/c1-4-15-10(14)5-6-11-7-9(13)12-8(2)3/h8,11H,4-7H2,1-3H3,(H,12,13). The average Bonchev–Trinajstić information content (AvgIpc) is 2.12. The van der Waals surface area contributed by atoms with Crippen molar-refractivity contribution in [3.8, 4) is 0 Å². The maximum absolute atomic E-state index is 11.1. The summed E-state index contributed by atoms with van der Waals surface area (Å²) in [7, 11) is 0. The van der Waals surface area contributed by atoms with Crippen LogP contribution in [0.5, 0.6) is 0 Å². The van der Waals surface area contributed by atoms with Crippen LogP contribution in [-0.2, 0) is 14.3 Å². The second-order valence-electron chi connectivity index (χ2n) is 3.45.